The van der Waals surface area contributed by atoms with Crippen molar-refractivity contribution < 1.29 is 14.3 Å². The van der Waals surface area contributed by atoms with E-state index in [2.05, 4.69) is 31.4 Å². The zero-order chi connectivity index (χ0) is 18.3. The van der Waals surface area contributed by atoms with Gasteiger partial charge in [-0.15, -0.1) is 0 Å². The van der Waals surface area contributed by atoms with Crippen molar-refractivity contribution in [2.24, 2.45) is 0 Å². The third-order valence-electron chi connectivity index (χ3n) is 3.68. The molecule has 0 radical (unpaired) electrons. The van der Waals surface area contributed by atoms with Gasteiger partial charge in [0.15, 0.2) is 0 Å². The highest BCUT2D eigenvalue weighted by Gasteiger charge is 2.18. The molecule has 2 aromatic carbocycles. The minimum Gasteiger partial charge on any atom is -0.497 e. The molecule has 2 N–H and O–H groups in total. The van der Waals surface area contributed by atoms with Gasteiger partial charge in [-0.2, -0.15) is 0 Å². The summed E-state index contributed by atoms with van der Waals surface area (Å²) in [7, 11) is 1.61. The van der Waals surface area contributed by atoms with Gasteiger partial charge < -0.3 is 20.1 Å². The quantitative estimate of drug-likeness (QED) is 0.774. The van der Waals surface area contributed by atoms with Crippen molar-refractivity contribution in [3.63, 3.8) is 0 Å². The number of anilines is 1. The number of carbonyl (C=O) groups is 1. The Morgan fingerprint density at radius 3 is 2.48 bits per heavy atom. The minimum atomic E-state index is -0.244. The molecule has 2 amide bonds. The molecule has 0 bridgehead atoms. The maximum absolute atomic E-state index is 12.1. The van der Waals surface area contributed by atoms with Gasteiger partial charge in [0, 0.05) is 11.8 Å². The van der Waals surface area contributed by atoms with Crippen LogP contribution in [-0.2, 0) is 5.41 Å². The SMILES string of the molecule is COc1cccc(OCCNC(=O)Nc2ccccc2C(C)(C)C)c1. The van der Waals surface area contributed by atoms with Gasteiger partial charge in [-0.3, -0.25) is 0 Å². The first-order chi connectivity index (χ1) is 11.9. The van der Waals surface area contributed by atoms with Crippen LogP contribution in [0, 0.1) is 0 Å². The Hall–Kier alpha value is -2.69. The Morgan fingerprint density at radius 1 is 1.04 bits per heavy atom. The summed E-state index contributed by atoms with van der Waals surface area (Å²) in [5.41, 5.74) is 1.87. The van der Waals surface area contributed by atoms with Crippen LogP contribution in [0.15, 0.2) is 48.5 Å². The minimum absolute atomic E-state index is 0.0423. The molecular formula is C20H26N2O3. The third-order valence-corrected chi connectivity index (χ3v) is 3.68. The van der Waals surface area contributed by atoms with Gasteiger partial charge in [-0.25, -0.2) is 4.79 Å². The lowest BCUT2D eigenvalue weighted by Crippen LogP contribution is -2.33. The number of ether oxygens (including phenoxy) is 2. The highest BCUT2D eigenvalue weighted by atomic mass is 16.5. The predicted octanol–water partition coefficient (Wildman–Crippen LogP) is 4.19. The van der Waals surface area contributed by atoms with Gasteiger partial charge in [0.1, 0.15) is 18.1 Å². The van der Waals surface area contributed by atoms with Gasteiger partial charge in [-0.05, 0) is 29.2 Å². The Bertz CT molecular complexity index is 708. The van der Waals surface area contributed by atoms with E-state index in [0.29, 0.717) is 18.9 Å². The van der Waals surface area contributed by atoms with Gasteiger partial charge >= 0.3 is 6.03 Å². The highest BCUT2D eigenvalue weighted by Crippen LogP contribution is 2.29. The van der Waals surface area contributed by atoms with E-state index in [1.165, 1.54) is 0 Å². The molecule has 25 heavy (non-hydrogen) atoms. The van der Waals surface area contributed by atoms with Crippen LogP contribution in [0.3, 0.4) is 0 Å². The van der Waals surface area contributed by atoms with E-state index in [9.17, 15) is 4.79 Å². The van der Waals surface area contributed by atoms with Crippen LogP contribution in [0.4, 0.5) is 10.5 Å². The second kappa shape index (κ2) is 8.42. The van der Waals surface area contributed by atoms with E-state index in [-0.39, 0.29) is 11.4 Å². The lowest BCUT2D eigenvalue weighted by Gasteiger charge is -2.23. The summed E-state index contributed by atoms with van der Waals surface area (Å²) in [6, 6.07) is 15.0. The third kappa shape index (κ3) is 5.71. The van der Waals surface area contributed by atoms with Crippen LogP contribution in [-0.4, -0.2) is 26.3 Å². The van der Waals surface area contributed by atoms with Crippen molar-refractivity contribution in [2.75, 3.05) is 25.6 Å². The molecule has 0 heterocycles. The molecule has 5 nitrogen and oxygen atoms in total. The Morgan fingerprint density at radius 2 is 1.76 bits per heavy atom. The van der Waals surface area contributed by atoms with Gasteiger partial charge in [0.25, 0.3) is 0 Å². The summed E-state index contributed by atoms with van der Waals surface area (Å²) in [5.74, 6) is 1.45. The number of para-hydroxylation sites is 1. The van der Waals surface area contributed by atoms with E-state index in [4.69, 9.17) is 9.47 Å². The first kappa shape index (κ1) is 18.6. The van der Waals surface area contributed by atoms with Crippen molar-refractivity contribution in [3.8, 4) is 11.5 Å². The van der Waals surface area contributed by atoms with Crippen molar-refractivity contribution >= 4 is 11.7 Å². The Balaban J connectivity index is 1.82. The van der Waals surface area contributed by atoms with E-state index >= 15 is 0 Å². The lowest BCUT2D eigenvalue weighted by atomic mass is 9.86. The Labute approximate surface area is 149 Å². The number of rotatable bonds is 6. The number of nitrogens with one attached hydrogen (secondary N) is 2. The Kier molecular flexibility index (Phi) is 6.28. The second-order valence-corrected chi connectivity index (χ2v) is 6.70. The van der Waals surface area contributed by atoms with Crippen LogP contribution in [0.2, 0.25) is 0 Å². The zero-order valence-corrected chi connectivity index (χ0v) is 15.3. The predicted molar refractivity (Wildman–Crippen MR) is 101 cm³/mol. The number of hydrogen-bond acceptors (Lipinski definition) is 3. The maximum atomic E-state index is 12.1. The number of hydrogen-bond donors (Lipinski definition) is 2. The molecule has 134 valence electrons. The summed E-state index contributed by atoms with van der Waals surface area (Å²) < 4.78 is 10.7. The highest BCUT2D eigenvalue weighted by molar-refractivity contribution is 5.90. The average molecular weight is 342 g/mol. The van der Waals surface area contributed by atoms with Crippen LogP contribution in [0.25, 0.3) is 0 Å². The van der Waals surface area contributed by atoms with Crippen molar-refractivity contribution in [2.45, 2.75) is 26.2 Å². The van der Waals surface area contributed by atoms with Gasteiger partial charge in [0.05, 0.1) is 13.7 Å². The number of benzene rings is 2. The summed E-state index contributed by atoms with van der Waals surface area (Å²) in [6.07, 6.45) is 0. The topological polar surface area (TPSA) is 59.6 Å². The molecule has 0 spiro atoms. The second-order valence-electron chi connectivity index (χ2n) is 6.70. The standard InChI is InChI=1S/C20H26N2O3/c1-20(2,3)17-10-5-6-11-18(17)22-19(23)21-12-13-25-16-9-7-8-15(14-16)24-4/h5-11,14H,12-13H2,1-4H3,(H2,21,22,23). The molecule has 0 saturated heterocycles. The van der Waals surface area contributed by atoms with Crippen molar-refractivity contribution in [3.05, 3.63) is 54.1 Å². The number of carbonyl (C=O) groups excluding carboxylic acids is 1. The molecule has 0 aliphatic carbocycles. The molecule has 0 aliphatic heterocycles. The first-order valence-corrected chi connectivity index (χ1v) is 8.31. The molecule has 0 aliphatic rings. The monoisotopic (exact) mass is 342 g/mol. The molecule has 0 unspecified atom stereocenters. The molecule has 5 heteroatoms. The molecule has 2 rings (SSSR count). The van der Waals surface area contributed by atoms with Gasteiger partial charge in [-0.1, -0.05) is 45.0 Å². The van der Waals surface area contributed by atoms with E-state index < -0.39 is 0 Å². The van der Waals surface area contributed by atoms with Gasteiger partial charge in [0.2, 0.25) is 0 Å². The summed E-state index contributed by atoms with van der Waals surface area (Å²) in [6.45, 7) is 7.14. The van der Waals surface area contributed by atoms with Crippen molar-refractivity contribution in [1.82, 2.24) is 5.32 Å². The van der Waals surface area contributed by atoms with Crippen LogP contribution >= 0.6 is 0 Å². The number of amides is 2. The molecule has 0 atom stereocenters. The van der Waals surface area contributed by atoms with E-state index in [0.717, 1.165) is 17.0 Å². The fourth-order valence-corrected chi connectivity index (χ4v) is 2.44. The summed E-state index contributed by atoms with van der Waals surface area (Å²) in [4.78, 5) is 12.1. The fraction of sp³-hybridized carbons (Fsp3) is 0.350. The molecular weight excluding hydrogens is 316 g/mol. The van der Waals surface area contributed by atoms with Crippen LogP contribution in [0.5, 0.6) is 11.5 Å². The fourth-order valence-electron chi connectivity index (χ4n) is 2.44. The summed E-state index contributed by atoms with van der Waals surface area (Å²) in [5, 5.41) is 5.71. The molecule has 0 aromatic heterocycles. The van der Waals surface area contributed by atoms with Crippen LogP contribution < -0.4 is 20.1 Å². The first-order valence-electron chi connectivity index (χ1n) is 8.31. The average Bonchev–Trinajstić information content (AvgIpc) is 2.58. The maximum Gasteiger partial charge on any atom is 0.319 e. The van der Waals surface area contributed by atoms with Crippen molar-refractivity contribution in [1.29, 1.82) is 0 Å². The smallest absolute Gasteiger partial charge is 0.319 e. The lowest BCUT2D eigenvalue weighted by molar-refractivity contribution is 0.247. The molecule has 2 aromatic rings. The van der Waals surface area contributed by atoms with E-state index in [1.54, 1.807) is 13.2 Å². The largest absolute Gasteiger partial charge is 0.497 e. The van der Waals surface area contributed by atoms with E-state index in [1.807, 2.05) is 42.5 Å². The summed E-state index contributed by atoms with van der Waals surface area (Å²) >= 11 is 0. The molecule has 0 saturated carbocycles. The normalized spacial score (nSPS) is 10.9. The number of urea groups is 1. The molecule has 0 fully saturated rings. The zero-order valence-electron chi connectivity index (χ0n) is 15.3. The van der Waals surface area contributed by atoms with Crippen LogP contribution in [0.1, 0.15) is 26.3 Å². The number of methoxy groups -OCH3 is 1.